The first kappa shape index (κ1) is 20.2. The largest absolute Gasteiger partial charge is 0.497 e. The quantitative estimate of drug-likeness (QED) is 0.711. The average molecular weight is 383 g/mol. The lowest BCUT2D eigenvalue weighted by Crippen LogP contribution is -2.41. The number of amides is 1. The van der Waals surface area contributed by atoms with Crippen molar-refractivity contribution >= 4 is 5.91 Å². The summed E-state index contributed by atoms with van der Waals surface area (Å²) in [4.78, 5) is 14.8. The van der Waals surface area contributed by atoms with Crippen molar-refractivity contribution in [3.63, 3.8) is 0 Å². The highest BCUT2D eigenvalue weighted by atomic mass is 16.5. The molecule has 1 heterocycles. The standard InChI is InChI=1S/C23H30N2O3/c1-18-3-5-19(6-4-18)17-25-14-11-20(12-15-25)23(26)24-13-16-28-22-9-7-21(27-2)8-10-22/h3-10,20H,11-17H2,1-2H3,(H,24,26). The summed E-state index contributed by atoms with van der Waals surface area (Å²) < 4.78 is 10.8. The smallest absolute Gasteiger partial charge is 0.223 e. The first-order valence-electron chi connectivity index (χ1n) is 9.96. The number of hydrogen-bond acceptors (Lipinski definition) is 4. The van der Waals surface area contributed by atoms with Crippen LogP contribution in [0.2, 0.25) is 0 Å². The van der Waals surface area contributed by atoms with E-state index in [1.165, 1.54) is 11.1 Å². The normalized spacial score (nSPS) is 15.2. The molecular formula is C23H30N2O3. The second-order valence-corrected chi connectivity index (χ2v) is 7.35. The molecule has 0 bridgehead atoms. The molecule has 28 heavy (non-hydrogen) atoms. The van der Waals surface area contributed by atoms with Gasteiger partial charge in [-0.05, 0) is 62.7 Å². The van der Waals surface area contributed by atoms with Crippen molar-refractivity contribution in [2.24, 2.45) is 5.92 Å². The lowest BCUT2D eigenvalue weighted by Gasteiger charge is -2.31. The number of piperidine rings is 1. The fourth-order valence-electron chi connectivity index (χ4n) is 3.46. The van der Waals surface area contributed by atoms with Crippen LogP contribution in [0.25, 0.3) is 0 Å². The van der Waals surface area contributed by atoms with Gasteiger partial charge in [0.1, 0.15) is 18.1 Å². The van der Waals surface area contributed by atoms with E-state index in [1.54, 1.807) is 7.11 Å². The summed E-state index contributed by atoms with van der Waals surface area (Å²) in [6, 6.07) is 16.1. The summed E-state index contributed by atoms with van der Waals surface area (Å²) in [5.41, 5.74) is 2.62. The van der Waals surface area contributed by atoms with Crippen LogP contribution in [-0.2, 0) is 11.3 Å². The Labute approximate surface area is 167 Å². The second kappa shape index (κ2) is 10.1. The summed E-state index contributed by atoms with van der Waals surface area (Å²) in [5, 5.41) is 3.01. The highest BCUT2D eigenvalue weighted by Crippen LogP contribution is 2.20. The van der Waals surface area contributed by atoms with Gasteiger partial charge in [0, 0.05) is 12.5 Å². The monoisotopic (exact) mass is 382 g/mol. The highest BCUT2D eigenvalue weighted by Gasteiger charge is 2.24. The zero-order valence-electron chi connectivity index (χ0n) is 16.8. The Morgan fingerprint density at radius 1 is 1.04 bits per heavy atom. The molecule has 0 aliphatic carbocycles. The molecule has 2 aromatic rings. The van der Waals surface area contributed by atoms with Gasteiger partial charge in [-0.25, -0.2) is 0 Å². The van der Waals surface area contributed by atoms with Gasteiger partial charge in [-0.3, -0.25) is 9.69 Å². The predicted molar refractivity (Wildman–Crippen MR) is 111 cm³/mol. The Morgan fingerprint density at radius 2 is 1.68 bits per heavy atom. The van der Waals surface area contributed by atoms with Crippen LogP contribution in [-0.4, -0.2) is 44.2 Å². The van der Waals surface area contributed by atoms with Crippen LogP contribution in [0.4, 0.5) is 0 Å². The number of hydrogen-bond donors (Lipinski definition) is 1. The predicted octanol–water partition coefficient (Wildman–Crippen LogP) is 3.41. The molecule has 150 valence electrons. The van der Waals surface area contributed by atoms with E-state index in [4.69, 9.17) is 9.47 Å². The van der Waals surface area contributed by atoms with E-state index in [-0.39, 0.29) is 11.8 Å². The van der Waals surface area contributed by atoms with Crippen LogP contribution in [0, 0.1) is 12.8 Å². The Hall–Kier alpha value is -2.53. The van der Waals surface area contributed by atoms with Gasteiger partial charge in [-0.15, -0.1) is 0 Å². The van der Waals surface area contributed by atoms with Crippen LogP contribution in [0.5, 0.6) is 11.5 Å². The summed E-state index contributed by atoms with van der Waals surface area (Å²) in [5.74, 6) is 1.83. The molecule has 1 aliphatic rings. The summed E-state index contributed by atoms with van der Waals surface area (Å²) in [6.07, 6.45) is 1.83. The summed E-state index contributed by atoms with van der Waals surface area (Å²) in [6.45, 7) is 5.99. The van der Waals surface area contributed by atoms with Crippen LogP contribution in [0.15, 0.2) is 48.5 Å². The number of ether oxygens (including phenoxy) is 2. The third-order valence-corrected chi connectivity index (χ3v) is 5.21. The molecule has 2 aromatic carbocycles. The van der Waals surface area contributed by atoms with Crippen molar-refractivity contribution in [1.29, 1.82) is 0 Å². The number of benzene rings is 2. The fourth-order valence-corrected chi connectivity index (χ4v) is 3.46. The van der Waals surface area contributed by atoms with Crippen LogP contribution >= 0.6 is 0 Å². The van der Waals surface area contributed by atoms with Gasteiger partial charge in [-0.2, -0.15) is 0 Å². The van der Waals surface area contributed by atoms with Gasteiger partial charge in [0.15, 0.2) is 0 Å². The van der Waals surface area contributed by atoms with Crippen molar-refractivity contribution in [1.82, 2.24) is 10.2 Å². The number of aryl methyl sites for hydroxylation is 1. The lowest BCUT2D eigenvalue weighted by atomic mass is 9.95. The number of nitrogens with one attached hydrogen (secondary N) is 1. The Bertz CT molecular complexity index is 735. The molecule has 1 amide bonds. The van der Waals surface area contributed by atoms with E-state index in [1.807, 2.05) is 24.3 Å². The van der Waals surface area contributed by atoms with Gasteiger partial charge in [0.2, 0.25) is 5.91 Å². The number of rotatable bonds is 8. The van der Waals surface area contributed by atoms with E-state index in [0.717, 1.165) is 44.0 Å². The minimum Gasteiger partial charge on any atom is -0.497 e. The minimum absolute atomic E-state index is 0.107. The number of nitrogens with zero attached hydrogens (tertiary/aromatic N) is 1. The third kappa shape index (κ3) is 5.99. The van der Waals surface area contributed by atoms with Crippen molar-refractivity contribution in [2.75, 3.05) is 33.4 Å². The van der Waals surface area contributed by atoms with Crippen LogP contribution < -0.4 is 14.8 Å². The van der Waals surface area contributed by atoms with Gasteiger partial charge in [-0.1, -0.05) is 29.8 Å². The van der Waals surface area contributed by atoms with Gasteiger partial charge >= 0.3 is 0 Å². The molecule has 5 heteroatoms. The minimum atomic E-state index is 0.107. The van der Waals surface area contributed by atoms with E-state index >= 15 is 0 Å². The number of carbonyl (C=O) groups is 1. The van der Waals surface area contributed by atoms with Crippen molar-refractivity contribution in [3.05, 3.63) is 59.7 Å². The van der Waals surface area contributed by atoms with E-state index in [0.29, 0.717) is 13.2 Å². The SMILES string of the molecule is COc1ccc(OCCNC(=O)C2CCN(Cc3ccc(C)cc3)CC2)cc1. The van der Waals surface area contributed by atoms with E-state index in [9.17, 15) is 4.79 Å². The molecule has 1 aliphatic heterocycles. The van der Waals surface area contributed by atoms with Crippen molar-refractivity contribution in [3.8, 4) is 11.5 Å². The maximum Gasteiger partial charge on any atom is 0.223 e. The maximum atomic E-state index is 12.4. The van der Waals surface area contributed by atoms with Crippen molar-refractivity contribution in [2.45, 2.75) is 26.3 Å². The highest BCUT2D eigenvalue weighted by molar-refractivity contribution is 5.78. The zero-order valence-corrected chi connectivity index (χ0v) is 16.8. The number of carbonyl (C=O) groups excluding carboxylic acids is 1. The molecule has 5 nitrogen and oxygen atoms in total. The maximum absolute atomic E-state index is 12.4. The molecule has 1 saturated heterocycles. The molecule has 0 saturated carbocycles. The molecule has 0 radical (unpaired) electrons. The number of methoxy groups -OCH3 is 1. The van der Waals surface area contributed by atoms with Crippen LogP contribution in [0.3, 0.4) is 0 Å². The van der Waals surface area contributed by atoms with Crippen molar-refractivity contribution < 1.29 is 14.3 Å². The fraction of sp³-hybridized carbons (Fsp3) is 0.435. The van der Waals surface area contributed by atoms with Gasteiger partial charge < -0.3 is 14.8 Å². The average Bonchev–Trinajstić information content (AvgIpc) is 2.73. The Balaban J connectivity index is 1.32. The molecule has 3 rings (SSSR count). The third-order valence-electron chi connectivity index (χ3n) is 5.21. The molecule has 0 unspecified atom stereocenters. The molecule has 0 atom stereocenters. The van der Waals surface area contributed by atoms with Gasteiger partial charge in [0.25, 0.3) is 0 Å². The topological polar surface area (TPSA) is 50.8 Å². The van der Waals surface area contributed by atoms with E-state index in [2.05, 4.69) is 41.4 Å². The van der Waals surface area contributed by atoms with Gasteiger partial charge in [0.05, 0.1) is 13.7 Å². The molecule has 0 aromatic heterocycles. The van der Waals surface area contributed by atoms with Crippen LogP contribution in [0.1, 0.15) is 24.0 Å². The first-order valence-corrected chi connectivity index (χ1v) is 9.96. The molecule has 1 fully saturated rings. The first-order chi connectivity index (χ1) is 13.6. The summed E-state index contributed by atoms with van der Waals surface area (Å²) in [7, 11) is 1.64. The molecular weight excluding hydrogens is 352 g/mol. The van der Waals surface area contributed by atoms with E-state index < -0.39 is 0 Å². The summed E-state index contributed by atoms with van der Waals surface area (Å²) >= 11 is 0. The molecule has 0 spiro atoms. The molecule has 1 N–H and O–H groups in total. The Morgan fingerprint density at radius 3 is 2.32 bits per heavy atom. The Kier molecular flexibility index (Phi) is 7.31. The zero-order chi connectivity index (χ0) is 19.8. The number of likely N-dealkylation sites (tertiary alicyclic amines) is 1. The lowest BCUT2D eigenvalue weighted by molar-refractivity contribution is -0.126. The second-order valence-electron chi connectivity index (χ2n) is 7.35.